The van der Waals surface area contributed by atoms with E-state index in [1.54, 1.807) is 0 Å². The summed E-state index contributed by atoms with van der Waals surface area (Å²) in [6, 6.07) is 11.1. The Bertz CT molecular complexity index is 880. The van der Waals surface area contributed by atoms with Gasteiger partial charge in [0, 0.05) is 9.75 Å². The molecule has 0 saturated heterocycles. The highest BCUT2D eigenvalue weighted by molar-refractivity contribution is 7.12. The second-order valence-electron chi connectivity index (χ2n) is 6.28. The fourth-order valence-corrected chi connectivity index (χ4v) is 3.74. The molecule has 0 bridgehead atoms. The molecule has 2 aromatic carbocycles. The zero-order valence-electron chi connectivity index (χ0n) is 14.5. The van der Waals surface area contributed by atoms with Crippen molar-refractivity contribution in [1.82, 2.24) is 0 Å². The molecule has 0 unspecified atom stereocenters. The van der Waals surface area contributed by atoms with E-state index in [0.29, 0.717) is 9.75 Å². The van der Waals surface area contributed by atoms with Crippen molar-refractivity contribution in [2.75, 3.05) is 0 Å². The van der Waals surface area contributed by atoms with Crippen molar-refractivity contribution in [1.29, 1.82) is 0 Å². The summed E-state index contributed by atoms with van der Waals surface area (Å²) in [6.45, 7) is 0. The van der Waals surface area contributed by atoms with Crippen LogP contribution >= 0.6 is 11.3 Å². The lowest BCUT2D eigenvalue weighted by atomic mass is 10.0. The summed E-state index contributed by atoms with van der Waals surface area (Å²) in [5.74, 6) is 0. The zero-order chi connectivity index (χ0) is 21.4. The maximum atomic E-state index is 12.6. The predicted molar refractivity (Wildman–Crippen MR) is 95.3 cm³/mol. The van der Waals surface area contributed by atoms with Gasteiger partial charge < -0.3 is 10.2 Å². The van der Waals surface area contributed by atoms with Gasteiger partial charge in [0.15, 0.2) is 0 Å². The summed E-state index contributed by atoms with van der Waals surface area (Å²) in [7, 11) is 0. The highest BCUT2D eigenvalue weighted by atomic mass is 32.1. The summed E-state index contributed by atoms with van der Waals surface area (Å²) in [6.07, 6.45) is -11.4. The molecule has 0 radical (unpaired) electrons. The van der Waals surface area contributed by atoms with Gasteiger partial charge in [0.25, 0.3) is 0 Å². The zero-order valence-corrected chi connectivity index (χ0v) is 15.3. The number of aliphatic hydroxyl groups is 2. The summed E-state index contributed by atoms with van der Waals surface area (Å²) in [4.78, 5) is 0.761. The Balaban J connectivity index is 1.77. The Morgan fingerprint density at radius 2 is 0.862 bits per heavy atom. The lowest BCUT2D eigenvalue weighted by molar-refractivity contribution is -0.138. The van der Waals surface area contributed by atoms with E-state index >= 15 is 0 Å². The van der Waals surface area contributed by atoms with Crippen LogP contribution in [0.15, 0.2) is 60.7 Å². The van der Waals surface area contributed by atoms with Crippen LogP contribution in [0.3, 0.4) is 0 Å². The van der Waals surface area contributed by atoms with Crippen molar-refractivity contribution in [2.24, 2.45) is 0 Å². The van der Waals surface area contributed by atoms with Crippen molar-refractivity contribution >= 4 is 11.3 Å². The van der Waals surface area contributed by atoms with Crippen LogP contribution in [-0.4, -0.2) is 10.2 Å². The van der Waals surface area contributed by atoms with E-state index in [4.69, 9.17) is 0 Å². The third kappa shape index (κ3) is 4.80. The van der Waals surface area contributed by atoms with Crippen molar-refractivity contribution in [2.45, 2.75) is 24.6 Å². The molecule has 154 valence electrons. The minimum atomic E-state index is -4.48. The Hall–Kier alpha value is -2.36. The van der Waals surface area contributed by atoms with E-state index in [2.05, 4.69) is 0 Å². The van der Waals surface area contributed by atoms with Gasteiger partial charge in [-0.3, -0.25) is 0 Å². The fourth-order valence-electron chi connectivity index (χ4n) is 2.70. The van der Waals surface area contributed by atoms with Crippen molar-refractivity contribution in [3.8, 4) is 0 Å². The molecule has 0 fully saturated rings. The molecule has 1 heterocycles. The second kappa shape index (κ2) is 7.81. The fraction of sp³-hybridized carbons (Fsp3) is 0.200. The smallest absolute Gasteiger partial charge is 0.383 e. The Kier molecular flexibility index (Phi) is 5.75. The van der Waals surface area contributed by atoms with Crippen LogP contribution in [0.5, 0.6) is 0 Å². The normalized spacial score (nSPS) is 14.6. The van der Waals surface area contributed by atoms with Crippen LogP contribution in [0.4, 0.5) is 26.3 Å². The Morgan fingerprint density at radius 1 is 0.552 bits per heavy atom. The van der Waals surface area contributed by atoms with E-state index in [9.17, 15) is 36.6 Å². The Morgan fingerprint density at radius 3 is 1.14 bits per heavy atom. The summed E-state index contributed by atoms with van der Waals surface area (Å²) in [5.41, 5.74) is -1.18. The van der Waals surface area contributed by atoms with Gasteiger partial charge in [-0.25, -0.2) is 0 Å². The molecule has 9 heteroatoms. The number of halogens is 6. The quantitative estimate of drug-likeness (QED) is 0.501. The minimum absolute atomic E-state index is 0.246. The first-order valence-electron chi connectivity index (χ1n) is 8.27. The maximum absolute atomic E-state index is 12.6. The molecule has 1 aromatic heterocycles. The molecule has 0 saturated carbocycles. The topological polar surface area (TPSA) is 40.5 Å². The minimum Gasteiger partial charge on any atom is -0.383 e. The van der Waals surface area contributed by atoms with Crippen molar-refractivity contribution in [3.05, 3.63) is 92.7 Å². The number of rotatable bonds is 4. The molecular formula is C20H14F6O2S. The molecule has 0 aliphatic rings. The van der Waals surface area contributed by atoms with Gasteiger partial charge in [-0.2, -0.15) is 26.3 Å². The third-order valence-corrected chi connectivity index (χ3v) is 5.48. The monoisotopic (exact) mass is 432 g/mol. The maximum Gasteiger partial charge on any atom is 0.416 e. The molecule has 0 spiro atoms. The first kappa shape index (κ1) is 21.4. The van der Waals surface area contributed by atoms with Crippen molar-refractivity contribution in [3.63, 3.8) is 0 Å². The standard InChI is InChI=1S/C20H14F6O2S/c21-19(22,23)13-5-1-11(2-6-13)17(27)15-9-10-16(29-15)18(28)12-3-7-14(8-4-12)20(24,25)26/h1-10,17-18,27-28H/t17-,18-/m1/s1. The SMILES string of the molecule is O[C@H](c1ccc(C(F)(F)F)cc1)c1ccc([C@H](O)c2ccc(C(F)(F)F)cc2)s1. The van der Waals surface area contributed by atoms with Gasteiger partial charge in [-0.1, -0.05) is 24.3 Å². The lowest BCUT2D eigenvalue weighted by Gasteiger charge is -2.13. The average molecular weight is 432 g/mol. The van der Waals surface area contributed by atoms with E-state index < -0.39 is 35.7 Å². The molecule has 3 aromatic rings. The van der Waals surface area contributed by atoms with Crippen LogP contribution in [0, 0.1) is 0 Å². The number of hydrogen-bond acceptors (Lipinski definition) is 3. The summed E-state index contributed by atoms with van der Waals surface area (Å²) in [5, 5.41) is 20.8. The van der Waals surface area contributed by atoms with Crippen molar-refractivity contribution < 1.29 is 36.6 Å². The third-order valence-electron chi connectivity index (χ3n) is 4.29. The molecule has 3 rings (SSSR count). The molecule has 2 N–H and O–H groups in total. The van der Waals surface area contributed by atoms with Gasteiger partial charge in [0.05, 0.1) is 11.1 Å². The van der Waals surface area contributed by atoms with E-state index in [1.807, 2.05) is 0 Å². The van der Waals surface area contributed by atoms with Crippen LogP contribution in [0.1, 0.15) is 44.2 Å². The first-order valence-corrected chi connectivity index (χ1v) is 9.08. The number of thiophene rings is 1. The first-order chi connectivity index (χ1) is 13.5. The molecule has 0 amide bonds. The van der Waals surface area contributed by atoms with Crippen LogP contribution in [-0.2, 0) is 12.4 Å². The lowest BCUT2D eigenvalue weighted by Crippen LogP contribution is -2.05. The highest BCUT2D eigenvalue weighted by Gasteiger charge is 2.31. The summed E-state index contributed by atoms with van der Waals surface area (Å²) < 4.78 is 75.8. The van der Waals surface area contributed by atoms with Gasteiger partial charge in [0.1, 0.15) is 12.2 Å². The number of hydrogen-bond donors (Lipinski definition) is 2. The number of alkyl halides is 6. The largest absolute Gasteiger partial charge is 0.416 e. The van der Waals surface area contributed by atoms with Gasteiger partial charge in [0.2, 0.25) is 0 Å². The van der Waals surface area contributed by atoms with Gasteiger partial charge in [-0.05, 0) is 47.5 Å². The number of aliphatic hydroxyl groups excluding tert-OH is 2. The number of benzene rings is 2. The predicted octanol–water partition coefficient (Wildman–Crippen LogP) is 5.95. The Labute approximate surface area is 165 Å². The van der Waals surface area contributed by atoms with Crippen LogP contribution in [0.2, 0.25) is 0 Å². The van der Waals surface area contributed by atoms with E-state index in [1.165, 1.54) is 36.4 Å². The van der Waals surface area contributed by atoms with Gasteiger partial charge in [-0.15, -0.1) is 11.3 Å². The molecule has 2 atom stereocenters. The highest BCUT2D eigenvalue weighted by Crippen LogP contribution is 2.36. The van der Waals surface area contributed by atoms with Crippen LogP contribution < -0.4 is 0 Å². The average Bonchev–Trinajstić information content (AvgIpc) is 3.16. The molecule has 0 aliphatic heterocycles. The summed E-state index contributed by atoms with van der Waals surface area (Å²) >= 11 is 1.01. The van der Waals surface area contributed by atoms with Crippen LogP contribution in [0.25, 0.3) is 0 Å². The van der Waals surface area contributed by atoms with E-state index in [0.717, 1.165) is 35.6 Å². The second-order valence-corrected chi connectivity index (χ2v) is 7.43. The molecule has 29 heavy (non-hydrogen) atoms. The molecular weight excluding hydrogens is 418 g/mol. The molecule has 0 aliphatic carbocycles. The van der Waals surface area contributed by atoms with E-state index in [-0.39, 0.29) is 11.1 Å². The molecule has 2 nitrogen and oxygen atoms in total. The van der Waals surface area contributed by atoms with Gasteiger partial charge >= 0.3 is 12.4 Å².